The zero-order valence-electron chi connectivity index (χ0n) is 12.1. The highest BCUT2D eigenvalue weighted by Gasteiger charge is 2.22. The first-order valence-corrected chi connectivity index (χ1v) is 8.24. The number of amides is 1. The summed E-state index contributed by atoms with van der Waals surface area (Å²) in [4.78, 5) is 22.2. The number of fused-ring (bicyclic) bond motifs is 1. The number of anilines is 2. The van der Waals surface area contributed by atoms with Crippen LogP contribution < -0.4 is 10.6 Å². The van der Waals surface area contributed by atoms with Gasteiger partial charge in [0.2, 0.25) is 5.91 Å². The minimum atomic E-state index is -0.414. The summed E-state index contributed by atoms with van der Waals surface area (Å²) < 4.78 is 0. The van der Waals surface area contributed by atoms with E-state index in [0.29, 0.717) is 36.7 Å². The molecule has 0 aliphatic carbocycles. The lowest BCUT2D eigenvalue weighted by Gasteiger charge is -2.19. The molecule has 0 saturated carbocycles. The summed E-state index contributed by atoms with van der Waals surface area (Å²) in [6.07, 6.45) is 3.09. The van der Waals surface area contributed by atoms with Crippen molar-refractivity contribution in [3.8, 4) is 0 Å². The Morgan fingerprint density at radius 1 is 1.48 bits per heavy atom. The van der Waals surface area contributed by atoms with Crippen LogP contribution in [0.2, 0.25) is 0 Å². The molecule has 0 bridgehead atoms. The molecule has 1 heterocycles. The number of nitro groups is 1. The molecule has 0 aromatic heterocycles. The maximum Gasteiger partial charge on any atom is 0.294 e. The molecule has 1 atom stereocenters. The van der Waals surface area contributed by atoms with Crippen LogP contribution in [0.25, 0.3) is 0 Å². The van der Waals surface area contributed by atoms with Gasteiger partial charge in [0.05, 0.1) is 10.6 Å². The lowest BCUT2D eigenvalue weighted by Crippen LogP contribution is -2.20. The molecule has 1 aliphatic rings. The van der Waals surface area contributed by atoms with Gasteiger partial charge in [-0.3, -0.25) is 14.9 Å². The van der Waals surface area contributed by atoms with E-state index in [2.05, 4.69) is 17.6 Å². The quantitative estimate of drug-likeness (QED) is 0.623. The number of hydrogen-bond acceptors (Lipinski definition) is 5. The lowest BCUT2D eigenvalue weighted by molar-refractivity contribution is -0.383. The molecule has 0 fully saturated rings. The SMILES string of the molecule is CSCC(C)CNc1cc2c(cc1[N+](=O)[O-])NC(=O)CC2. The average Bonchev–Trinajstić information content (AvgIpc) is 2.44. The number of nitrogens with zero attached hydrogens (tertiary/aromatic N) is 1. The van der Waals surface area contributed by atoms with Gasteiger partial charge in [0.25, 0.3) is 5.69 Å². The zero-order chi connectivity index (χ0) is 15.4. The molecule has 0 radical (unpaired) electrons. The predicted octanol–water partition coefficient (Wildman–Crippen LogP) is 2.89. The van der Waals surface area contributed by atoms with Gasteiger partial charge < -0.3 is 10.6 Å². The van der Waals surface area contributed by atoms with Crippen molar-refractivity contribution in [1.82, 2.24) is 0 Å². The van der Waals surface area contributed by atoms with E-state index in [-0.39, 0.29) is 11.6 Å². The van der Waals surface area contributed by atoms with Crippen molar-refractivity contribution >= 4 is 34.7 Å². The van der Waals surface area contributed by atoms with Gasteiger partial charge in [-0.2, -0.15) is 11.8 Å². The van der Waals surface area contributed by atoms with Crippen molar-refractivity contribution in [2.75, 3.05) is 29.2 Å². The first-order valence-electron chi connectivity index (χ1n) is 6.85. The number of aryl methyl sites for hydroxylation is 1. The summed E-state index contributed by atoms with van der Waals surface area (Å²) in [5, 5.41) is 17.1. The van der Waals surface area contributed by atoms with Gasteiger partial charge in [0, 0.05) is 19.0 Å². The third kappa shape index (κ3) is 3.87. The van der Waals surface area contributed by atoms with Gasteiger partial charge in [0.15, 0.2) is 0 Å². The third-order valence-corrected chi connectivity index (χ3v) is 4.31. The van der Waals surface area contributed by atoms with Gasteiger partial charge in [-0.25, -0.2) is 0 Å². The van der Waals surface area contributed by atoms with E-state index in [1.165, 1.54) is 6.07 Å². The Kier molecular flexibility index (Phi) is 5.06. The molecule has 1 aliphatic heterocycles. The molecule has 21 heavy (non-hydrogen) atoms. The third-order valence-electron chi connectivity index (χ3n) is 3.41. The smallest absolute Gasteiger partial charge is 0.294 e. The number of nitro benzene ring substituents is 1. The molecule has 2 N–H and O–H groups in total. The van der Waals surface area contributed by atoms with Gasteiger partial charge in [-0.05, 0) is 36.0 Å². The van der Waals surface area contributed by atoms with E-state index < -0.39 is 4.92 Å². The highest BCUT2D eigenvalue weighted by Crippen LogP contribution is 2.34. The molecule has 2 rings (SSSR count). The molecule has 1 aromatic rings. The highest BCUT2D eigenvalue weighted by atomic mass is 32.2. The van der Waals surface area contributed by atoms with Crippen molar-refractivity contribution in [2.45, 2.75) is 19.8 Å². The number of hydrogen-bond donors (Lipinski definition) is 2. The van der Waals surface area contributed by atoms with Crippen molar-refractivity contribution in [1.29, 1.82) is 0 Å². The molecule has 1 amide bonds. The molecule has 1 unspecified atom stereocenters. The number of thioether (sulfide) groups is 1. The van der Waals surface area contributed by atoms with Crippen molar-refractivity contribution in [3.05, 3.63) is 27.8 Å². The molecule has 0 spiro atoms. The molecule has 0 saturated heterocycles. The Bertz CT molecular complexity index is 563. The monoisotopic (exact) mass is 309 g/mol. The fourth-order valence-corrected chi connectivity index (χ4v) is 3.02. The Balaban J connectivity index is 2.23. The summed E-state index contributed by atoms with van der Waals surface area (Å²) >= 11 is 1.76. The van der Waals surface area contributed by atoms with Crippen LogP contribution in [0.4, 0.5) is 17.1 Å². The Morgan fingerprint density at radius 2 is 2.24 bits per heavy atom. The summed E-state index contributed by atoms with van der Waals surface area (Å²) in [5.41, 5.74) is 2.04. The fourth-order valence-electron chi connectivity index (χ4n) is 2.34. The molecular weight excluding hydrogens is 290 g/mol. The average molecular weight is 309 g/mol. The number of benzene rings is 1. The van der Waals surface area contributed by atoms with Crippen LogP contribution in [-0.4, -0.2) is 29.4 Å². The van der Waals surface area contributed by atoms with Gasteiger partial charge in [0.1, 0.15) is 5.69 Å². The standard InChI is InChI=1S/C14H19N3O3S/c1-9(8-21-2)7-15-12-5-10-3-4-14(18)16-11(10)6-13(12)17(19)20/h5-6,9,15H,3-4,7-8H2,1-2H3,(H,16,18). The Morgan fingerprint density at radius 3 is 2.90 bits per heavy atom. The minimum Gasteiger partial charge on any atom is -0.379 e. The topological polar surface area (TPSA) is 84.3 Å². The van der Waals surface area contributed by atoms with Crippen molar-refractivity contribution in [2.24, 2.45) is 5.92 Å². The van der Waals surface area contributed by atoms with E-state index in [1.807, 2.05) is 6.26 Å². The second kappa shape index (κ2) is 6.80. The molecular formula is C14H19N3O3S. The predicted molar refractivity (Wildman–Crippen MR) is 86.1 cm³/mol. The lowest BCUT2D eigenvalue weighted by atomic mass is 10.0. The first-order chi connectivity index (χ1) is 10.0. The van der Waals surface area contributed by atoms with Crippen molar-refractivity contribution < 1.29 is 9.72 Å². The number of rotatable bonds is 6. The zero-order valence-corrected chi connectivity index (χ0v) is 13.0. The molecule has 1 aromatic carbocycles. The van der Waals surface area contributed by atoms with Gasteiger partial charge >= 0.3 is 0 Å². The molecule has 6 nitrogen and oxygen atoms in total. The van der Waals surface area contributed by atoms with Crippen LogP contribution in [0.5, 0.6) is 0 Å². The number of nitrogens with one attached hydrogen (secondary N) is 2. The van der Waals surface area contributed by atoms with Crippen LogP contribution in [0.3, 0.4) is 0 Å². The normalized spacial score (nSPS) is 15.0. The number of carbonyl (C=O) groups excluding carboxylic acids is 1. The largest absolute Gasteiger partial charge is 0.379 e. The second-order valence-corrected chi connectivity index (χ2v) is 6.18. The summed E-state index contributed by atoms with van der Waals surface area (Å²) in [6.45, 7) is 2.79. The van der Waals surface area contributed by atoms with Crippen LogP contribution in [0, 0.1) is 16.0 Å². The highest BCUT2D eigenvalue weighted by molar-refractivity contribution is 7.98. The van der Waals surface area contributed by atoms with E-state index in [4.69, 9.17) is 0 Å². The maximum atomic E-state index is 11.4. The van der Waals surface area contributed by atoms with E-state index >= 15 is 0 Å². The van der Waals surface area contributed by atoms with E-state index in [9.17, 15) is 14.9 Å². The van der Waals surface area contributed by atoms with Gasteiger partial charge in [-0.15, -0.1) is 0 Å². The van der Waals surface area contributed by atoms with Gasteiger partial charge in [-0.1, -0.05) is 6.92 Å². The van der Waals surface area contributed by atoms with Crippen LogP contribution in [-0.2, 0) is 11.2 Å². The molecule has 114 valence electrons. The van der Waals surface area contributed by atoms with E-state index in [1.54, 1.807) is 17.8 Å². The maximum absolute atomic E-state index is 11.4. The Hall–Kier alpha value is -1.76. The minimum absolute atomic E-state index is 0.00676. The fraction of sp³-hybridized carbons (Fsp3) is 0.500. The van der Waals surface area contributed by atoms with E-state index in [0.717, 1.165) is 11.3 Å². The second-order valence-electron chi connectivity index (χ2n) is 5.27. The summed E-state index contributed by atoms with van der Waals surface area (Å²) in [5.74, 6) is 1.34. The number of carbonyl (C=O) groups is 1. The van der Waals surface area contributed by atoms with Crippen LogP contribution in [0.15, 0.2) is 12.1 Å². The Labute approximate surface area is 127 Å². The molecule has 7 heteroatoms. The van der Waals surface area contributed by atoms with Crippen LogP contribution in [0.1, 0.15) is 18.9 Å². The summed E-state index contributed by atoms with van der Waals surface area (Å²) in [7, 11) is 0. The van der Waals surface area contributed by atoms with Crippen LogP contribution >= 0.6 is 11.8 Å². The van der Waals surface area contributed by atoms with Crippen molar-refractivity contribution in [3.63, 3.8) is 0 Å². The summed E-state index contributed by atoms with van der Waals surface area (Å²) in [6, 6.07) is 3.24. The first kappa shape index (κ1) is 15.6.